The first-order valence-corrected chi connectivity index (χ1v) is 8.48. The Hall–Kier alpha value is -0.160. The molecule has 1 aliphatic heterocycles. The molecule has 4 heteroatoms. The predicted molar refractivity (Wildman–Crippen MR) is 84.1 cm³/mol. The number of ether oxygens (including phenoxy) is 1. The molecule has 1 heterocycles. The van der Waals surface area contributed by atoms with Crippen molar-refractivity contribution in [2.75, 3.05) is 39.4 Å². The smallest absolute Gasteiger partial charge is 0.0897 e. The summed E-state index contributed by atoms with van der Waals surface area (Å²) >= 11 is 0. The lowest BCUT2D eigenvalue weighted by atomic mass is 10.2. The van der Waals surface area contributed by atoms with Gasteiger partial charge in [-0.1, -0.05) is 33.1 Å². The number of hydrogen-bond acceptors (Lipinski definition) is 4. The minimum atomic E-state index is -0.377. The van der Waals surface area contributed by atoms with E-state index in [1.807, 2.05) is 0 Å². The molecule has 2 atom stereocenters. The first kappa shape index (κ1) is 17.9. The van der Waals surface area contributed by atoms with Gasteiger partial charge >= 0.3 is 0 Å². The highest BCUT2D eigenvalue weighted by atomic mass is 16.5. The lowest BCUT2D eigenvalue weighted by Crippen LogP contribution is -2.41. The summed E-state index contributed by atoms with van der Waals surface area (Å²) in [7, 11) is 0. The summed E-state index contributed by atoms with van der Waals surface area (Å²) in [5, 5.41) is 13.2. The summed E-state index contributed by atoms with van der Waals surface area (Å²) < 4.78 is 5.51. The monoisotopic (exact) mass is 286 g/mol. The van der Waals surface area contributed by atoms with Crippen LogP contribution in [0.2, 0.25) is 0 Å². The second-order valence-corrected chi connectivity index (χ2v) is 5.87. The summed E-state index contributed by atoms with van der Waals surface area (Å²) in [4.78, 5) is 2.52. The zero-order valence-corrected chi connectivity index (χ0v) is 13.4. The molecule has 0 saturated carbocycles. The lowest BCUT2D eigenvalue weighted by molar-refractivity contribution is 0.0348. The summed E-state index contributed by atoms with van der Waals surface area (Å²) in [5.74, 6) is 0. The minimum absolute atomic E-state index is 0.377. The van der Waals surface area contributed by atoms with Crippen molar-refractivity contribution in [3.8, 4) is 0 Å². The van der Waals surface area contributed by atoms with E-state index in [1.54, 1.807) is 0 Å². The molecule has 0 aliphatic carbocycles. The Morgan fingerprint density at radius 1 is 1.30 bits per heavy atom. The van der Waals surface area contributed by atoms with Gasteiger partial charge in [0.2, 0.25) is 0 Å². The van der Waals surface area contributed by atoms with Crippen LogP contribution >= 0.6 is 0 Å². The molecule has 2 N–H and O–H groups in total. The predicted octanol–water partition coefficient (Wildman–Crippen LogP) is 2.02. The highest BCUT2D eigenvalue weighted by Gasteiger charge is 2.22. The largest absolute Gasteiger partial charge is 0.389 e. The van der Waals surface area contributed by atoms with Crippen molar-refractivity contribution in [2.24, 2.45) is 0 Å². The fraction of sp³-hybridized carbons (Fsp3) is 1.00. The molecular weight excluding hydrogens is 252 g/mol. The Morgan fingerprint density at radius 3 is 2.90 bits per heavy atom. The molecule has 1 rings (SSSR count). The standard InChI is InChI=1S/C16H34N2O2/c1-3-5-6-7-11-20-14-16(19)13-17-12-15-9-8-10-18(15)4-2/h15-17,19H,3-14H2,1-2H3. The van der Waals surface area contributed by atoms with Crippen LogP contribution in [0.25, 0.3) is 0 Å². The number of nitrogens with zero attached hydrogens (tertiary/aromatic N) is 1. The maximum Gasteiger partial charge on any atom is 0.0897 e. The van der Waals surface area contributed by atoms with E-state index in [0.717, 1.165) is 26.1 Å². The van der Waals surface area contributed by atoms with Crippen molar-refractivity contribution in [1.29, 1.82) is 0 Å². The van der Waals surface area contributed by atoms with E-state index in [9.17, 15) is 5.11 Å². The summed E-state index contributed by atoms with van der Waals surface area (Å²) in [6.45, 7) is 9.66. The Bertz CT molecular complexity index is 227. The molecule has 0 aromatic carbocycles. The van der Waals surface area contributed by atoms with E-state index in [1.165, 1.54) is 38.6 Å². The van der Waals surface area contributed by atoms with Crippen molar-refractivity contribution >= 4 is 0 Å². The Labute approximate surface area is 124 Å². The SMILES string of the molecule is CCCCCCOCC(O)CNCC1CCCN1CC. The molecule has 1 fully saturated rings. The summed E-state index contributed by atoms with van der Waals surface area (Å²) in [5.41, 5.74) is 0. The minimum Gasteiger partial charge on any atom is -0.389 e. The van der Waals surface area contributed by atoms with Crippen LogP contribution in [0.3, 0.4) is 0 Å². The van der Waals surface area contributed by atoms with Gasteiger partial charge in [0, 0.05) is 25.7 Å². The topological polar surface area (TPSA) is 44.7 Å². The average molecular weight is 286 g/mol. The van der Waals surface area contributed by atoms with Crippen LogP contribution in [0.1, 0.15) is 52.4 Å². The number of rotatable bonds is 12. The molecule has 120 valence electrons. The van der Waals surface area contributed by atoms with Gasteiger partial charge in [0.1, 0.15) is 0 Å². The molecule has 0 aromatic rings. The average Bonchev–Trinajstić information content (AvgIpc) is 2.90. The fourth-order valence-corrected chi connectivity index (χ4v) is 2.87. The van der Waals surface area contributed by atoms with Crippen LogP contribution in [0.4, 0.5) is 0 Å². The van der Waals surface area contributed by atoms with Gasteiger partial charge in [0.25, 0.3) is 0 Å². The highest BCUT2D eigenvalue weighted by molar-refractivity contribution is 4.80. The van der Waals surface area contributed by atoms with E-state index in [-0.39, 0.29) is 6.10 Å². The van der Waals surface area contributed by atoms with Gasteiger partial charge < -0.3 is 15.2 Å². The van der Waals surface area contributed by atoms with Gasteiger partial charge in [0.05, 0.1) is 12.7 Å². The Balaban J connectivity index is 1.93. The number of likely N-dealkylation sites (tertiary alicyclic amines) is 1. The first-order chi connectivity index (χ1) is 9.77. The van der Waals surface area contributed by atoms with Gasteiger partial charge in [-0.15, -0.1) is 0 Å². The highest BCUT2D eigenvalue weighted by Crippen LogP contribution is 2.15. The maximum absolute atomic E-state index is 9.85. The number of aliphatic hydroxyl groups is 1. The number of nitrogens with one attached hydrogen (secondary N) is 1. The van der Waals surface area contributed by atoms with E-state index in [4.69, 9.17) is 4.74 Å². The van der Waals surface area contributed by atoms with E-state index in [0.29, 0.717) is 19.2 Å². The fourth-order valence-electron chi connectivity index (χ4n) is 2.87. The van der Waals surface area contributed by atoms with Crippen molar-refractivity contribution in [3.05, 3.63) is 0 Å². The van der Waals surface area contributed by atoms with Gasteiger partial charge in [-0.25, -0.2) is 0 Å². The van der Waals surface area contributed by atoms with E-state index < -0.39 is 0 Å². The summed E-state index contributed by atoms with van der Waals surface area (Å²) in [6, 6.07) is 0.655. The molecule has 0 aromatic heterocycles. The molecule has 0 radical (unpaired) electrons. The van der Waals surface area contributed by atoms with Crippen LogP contribution < -0.4 is 5.32 Å². The maximum atomic E-state index is 9.85. The third-order valence-corrected chi connectivity index (χ3v) is 4.12. The van der Waals surface area contributed by atoms with Crippen LogP contribution in [0.15, 0.2) is 0 Å². The Kier molecular flexibility index (Phi) is 10.3. The number of aliphatic hydroxyl groups excluding tert-OH is 1. The second-order valence-electron chi connectivity index (χ2n) is 5.87. The lowest BCUT2D eigenvalue weighted by Gasteiger charge is -2.23. The molecule has 0 spiro atoms. The molecule has 20 heavy (non-hydrogen) atoms. The van der Waals surface area contributed by atoms with Crippen molar-refractivity contribution in [3.63, 3.8) is 0 Å². The van der Waals surface area contributed by atoms with E-state index >= 15 is 0 Å². The van der Waals surface area contributed by atoms with Crippen molar-refractivity contribution in [1.82, 2.24) is 10.2 Å². The third-order valence-electron chi connectivity index (χ3n) is 4.12. The van der Waals surface area contributed by atoms with Crippen LogP contribution in [-0.2, 0) is 4.74 Å². The first-order valence-electron chi connectivity index (χ1n) is 8.48. The third kappa shape index (κ3) is 7.58. The molecule has 0 amide bonds. The van der Waals surface area contributed by atoms with Gasteiger partial charge in [-0.2, -0.15) is 0 Å². The number of likely N-dealkylation sites (N-methyl/N-ethyl adjacent to an activating group) is 1. The van der Waals surface area contributed by atoms with E-state index in [2.05, 4.69) is 24.1 Å². The normalized spacial score (nSPS) is 21.4. The molecular formula is C16H34N2O2. The van der Waals surface area contributed by atoms with Crippen molar-refractivity contribution in [2.45, 2.75) is 64.5 Å². The van der Waals surface area contributed by atoms with Crippen LogP contribution in [0, 0.1) is 0 Å². The van der Waals surface area contributed by atoms with Crippen LogP contribution in [-0.4, -0.2) is 61.5 Å². The molecule has 0 bridgehead atoms. The van der Waals surface area contributed by atoms with Crippen molar-refractivity contribution < 1.29 is 9.84 Å². The number of unbranched alkanes of at least 4 members (excludes halogenated alkanes) is 3. The molecule has 1 aliphatic rings. The quantitative estimate of drug-likeness (QED) is 0.539. The Morgan fingerprint density at radius 2 is 2.15 bits per heavy atom. The van der Waals surface area contributed by atoms with Gasteiger partial charge in [-0.3, -0.25) is 4.90 Å². The zero-order valence-electron chi connectivity index (χ0n) is 13.4. The van der Waals surface area contributed by atoms with Gasteiger partial charge in [-0.05, 0) is 32.4 Å². The molecule has 4 nitrogen and oxygen atoms in total. The number of hydrogen-bond donors (Lipinski definition) is 2. The van der Waals surface area contributed by atoms with Crippen LogP contribution in [0.5, 0.6) is 0 Å². The molecule has 1 saturated heterocycles. The second kappa shape index (κ2) is 11.5. The summed E-state index contributed by atoms with van der Waals surface area (Å²) in [6.07, 6.45) is 7.10. The van der Waals surface area contributed by atoms with Gasteiger partial charge in [0.15, 0.2) is 0 Å². The zero-order chi connectivity index (χ0) is 14.6. The molecule has 2 unspecified atom stereocenters.